The minimum absolute atomic E-state index is 0.125. The number of esters is 7. The number of carbonyl (C=O) groups excluding carboxylic acids is 7. The molecule has 0 spiro atoms. The Morgan fingerprint density at radius 2 is 0.522 bits per heavy atom. The number of hydrogen-bond donors (Lipinski definition) is 1. The van der Waals surface area contributed by atoms with Crippen LogP contribution in [0.4, 0.5) is 0 Å². The van der Waals surface area contributed by atoms with Gasteiger partial charge in [0.15, 0.2) is 37.2 Å². The van der Waals surface area contributed by atoms with Gasteiger partial charge in [0.25, 0.3) is 0 Å². The summed E-state index contributed by atoms with van der Waals surface area (Å²) in [5, 5.41) is 11.8. The lowest BCUT2D eigenvalue weighted by molar-refractivity contribution is -0.327. The van der Waals surface area contributed by atoms with Crippen molar-refractivity contribution >= 4 is 41.8 Å². The first kappa shape index (κ1) is 63.6. The second kappa shape index (κ2) is 30.2. The molecular weight excluding hydrogens is 1160 g/mol. The van der Waals surface area contributed by atoms with Crippen molar-refractivity contribution in [3.8, 4) is 0 Å². The molecule has 7 aromatic rings. The fourth-order valence-electron chi connectivity index (χ4n) is 10.7. The van der Waals surface area contributed by atoms with Crippen LogP contribution < -0.4 is 0 Å². The standard InChI is InChI=1S/C70H66O20/c1-42-52(82-68(78)58(88-65(75)49-33-19-8-20-34-49)55(42)85-62(72)46-27-13-5-14-28-46)40-80-69-60(90-67(77)51-37-23-10-24-38-51)57(87-64(74)48-31-17-7-18-32-48)44(3)54(84-69)41-81-70-59(89-66(76)50-35-21-9-22-36-50)56(86-63(73)47-29-15-6-16-30-47)43(2)53(83-70)39-79-61(71)45-25-11-4-12-26-45/h4-38,42-44,52-60,68-70,78H,39-41H2,1-3H3/t42-,43-,44-,52-,53-,54-,55+,56+,57+,58-,59-,60-,68?,69-,70-/m1/s1. The SMILES string of the molecule is C[C@H]1[C@H](OC(=O)c2ccccc2)[C@@H](OC(=O)c2ccccc2)[C@H](OC[C@H]2O[C@@H](OC[C@H]3OC(O)[C@H](OC(=O)c4ccccc4)[C@@H](OC(=O)c4ccccc4)[C@@H]3C)[C@H](OC(=O)c3ccccc3)[C@@H](OC(=O)c3ccccc3)[C@@H]2C)O[C@@H]1COC(=O)c1ccccc1. The van der Waals surface area contributed by atoms with Crippen molar-refractivity contribution in [2.45, 2.75) is 94.6 Å². The van der Waals surface area contributed by atoms with E-state index in [9.17, 15) is 38.7 Å². The van der Waals surface area contributed by atoms with E-state index in [-0.39, 0.29) is 45.6 Å². The van der Waals surface area contributed by atoms with E-state index >= 15 is 0 Å². The molecule has 1 N–H and O–H groups in total. The van der Waals surface area contributed by atoms with Crippen LogP contribution >= 0.6 is 0 Å². The number of aliphatic hydroxyl groups excluding tert-OH is 1. The van der Waals surface area contributed by atoms with Gasteiger partial charge in [0.1, 0.15) is 31.0 Å². The Hall–Kier alpha value is -9.41. The third-order valence-corrected chi connectivity index (χ3v) is 15.8. The lowest BCUT2D eigenvalue weighted by Gasteiger charge is -2.47. The van der Waals surface area contributed by atoms with Crippen LogP contribution in [-0.2, 0) is 56.8 Å². The molecule has 3 heterocycles. The summed E-state index contributed by atoms with van der Waals surface area (Å²) in [7, 11) is 0. The van der Waals surface area contributed by atoms with Crippen molar-refractivity contribution in [2.24, 2.45) is 17.8 Å². The fraction of sp³-hybridized carbons (Fsp3) is 0.300. The molecule has 1 unspecified atom stereocenters. The molecule has 0 aliphatic carbocycles. The van der Waals surface area contributed by atoms with Gasteiger partial charge in [0, 0.05) is 17.8 Å². The van der Waals surface area contributed by atoms with Gasteiger partial charge in [0.2, 0.25) is 0 Å². The zero-order chi connectivity index (χ0) is 63.1. The van der Waals surface area contributed by atoms with Crippen LogP contribution in [-0.4, -0.2) is 141 Å². The lowest BCUT2D eigenvalue weighted by Crippen LogP contribution is -2.61. The Labute approximate surface area is 518 Å². The number of aliphatic hydroxyl groups is 1. The normalized spacial score (nSPS) is 26.3. The van der Waals surface area contributed by atoms with E-state index in [1.165, 1.54) is 60.7 Å². The first-order valence-corrected chi connectivity index (χ1v) is 29.4. The van der Waals surface area contributed by atoms with E-state index in [1.54, 1.807) is 172 Å². The Morgan fingerprint density at radius 3 is 0.811 bits per heavy atom. The highest BCUT2D eigenvalue weighted by Crippen LogP contribution is 2.38. The van der Waals surface area contributed by atoms with Gasteiger partial charge in [-0.25, -0.2) is 33.6 Å². The third-order valence-electron chi connectivity index (χ3n) is 15.8. The van der Waals surface area contributed by atoms with Crippen LogP contribution in [0.1, 0.15) is 93.3 Å². The molecule has 7 aromatic carbocycles. The topological polar surface area (TPSA) is 250 Å². The van der Waals surface area contributed by atoms with Gasteiger partial charge in [-0.05, 0) is 84.9 Å². The highest BCUT2D eigenvalue weighted by molar-refractivity contribution is 5.93. The quantitative estimate of drug-likeness (QED) is 0.0519. The molecule has 3 fully saturated rings. The smallest absolute Gasteiger partial charge is 0.338 e. The number of hydrogen-bond acceptors (Lipinski definition) is 20. The van der Waals surface area contributed by atoms with Gasteiger partial charge < -0.3 is 61.9 Å². The average Bonchev–Trinajstić information content (AvgIpc) is 1.04. The minimum Gasteiger partial charge on any atom is -0.459 e. The Balaban J connectivity index is 0.983. The first-order chi connectivity index (χ1) is 43.7. The number of ether oxygens (including phenoxy) is 12. The molecule has 0 saturated carbocycles. The van der Waals surface area contributed by atoms with E-state index < -0.39 is 147 Å². The van der Waals surface area contributed by atoms with Crippen molar-refractivity contribution < 1.29 is 95.5 Å². The Kier molecular flexibility index (Phi) is 21.3. The monoisotopic (exact) mass is 1230 g/mol. The predicted molar refractivity (Wildman–Crippen MR) is 318 cm³/mol. The maximum absolute atomic E-state index is 14.3. The van der Waals surface area contributed by atoms with Crippen molar-refractivity contribution in [1.82, 2.24) is 0 Å². The maximum Gasteiger partial charge on any atom is 0.338 e. The van der Waals surface area contributed by atoms with Crippen LogP contribution in [0.15, 0.2) is 212 Å². The van der Waals surface area contributed by atoms with Gasteiger partial charge in [0.05, 0.1) is 64.4 Å². The van der Waals surface area contributed by atoms with Crippen molar-refractivity contribution in [1.29, 1.82) is 0 Å². The molecule has 20 nitrogen and oxygen atoms in total. The van der Waals surface area contributed by atoms with Crippen LogP contribution in [0.2, 0.25) is 0 Å². The van der Waals surface area contributed by atoms with E-state index in [2.05, 4.69) is 0 Å². The van der Waals surface area contributed by atoms with Crippen LogP contribution in [0.3, 0.4) is 0 Å². The van der Waals surface area contributed by atoms with Gasteiger partial charge >= 0.3 is 41.8 Å². The summed E-state index contributed by atoms with van der Waals surface area (Å²) in [6, 6.07) is 56.7. The highest BCUT2D eigenvalue weighted by atomic mass is 16.8. The zero-order valence-electron chi connectivity index (χ0n) is 49.2. The van der Waals surface area contributed by atoms with Crippen molar-refractivity contribution in [3.63, 3.8) is 0 Å². The molecule has 90 heavy (non-hydrogen) atoms. The fourth-order valence-corrected chi connectivity index (χ4v) is 10.7. The van der Waals surface area contributed by atoms with Gasteiger partial charge in [-0.2, -0.15) is 0 Å². The summed E-state index contributed by atoms with van der Waals surface area (Å²) in [4.78, 5) is 97.6. The Morgan fingerprint density at radius 1 is 0.300 bits per heavy atom. The molecule has 3 saturated heterocycles. The van der Waals surface area contributed by atoms with Gasteiger partial charge in [-0.3, -0.25) is 0 Å². The third kappa shape index (κ3) is 15.7. The average molecular weight is 1230 g/mol. The van der Waals surface area contributed by atoms with Crippen LogP contribution in [0, 0.1) is 17.8 Å². The minimum atomic E-state index is -1.90. The molecule has 20 heteroatoms. The maximum atomic E-state index is 14.3. The molecule has 0 bridgehead atoms. The van der Waals surface area contributed by atoms with Crippen LogP contribution in [0.25, 0.3) is 0 Å². The predicted octanol–water partition coefficient (Wildman–Crippen LogP) is 9.31. The molecular formula is C70H66O20. The molecule has 0 aromatic heterocycles. The molecule has 3 aliphatic rings. The van der Waals surface area contributed by atoms with E-state index in [4.69, 9.17) is 56.8 Å². The summed E-state index contributed by atoms with van der Waals surface area (Å²) in [6.45, 7) is 3.61. The molecule has 0 amide bonds. The molecule has 10 rings (SSSR count). The van der Waals surface area contributed by atoms with E-state index in [1.807, 2.05) is 0 Å². The van der Waals surface area contributed by atoms with E-state index in [0.717, 1.165) is 0 Å². The van der Waals surface area contributed by atoms with Crippen LogP contribution in [0.5, 0.6) is 0 Å². The summed E-state index contributed by atoms with van der Waals surface area (Å²) >= 11 is 0. The molecule has 15 atom stereocenters. The lowest BCUT2D eigenvalue weighted by atomic mass is 9.89. The number of carbonyl (C=O) groups is 7. The van der Waals surface area contributed by atoms with Crippen molar-refractivity contribution in [2.75, 3.05) is 19.8 Å². The van der Waals surface area contributed by atoms with Gasteiger partial charge in [-0.1, -0.05) is 148 Å². The number of rotatable bonds is 21. The first-order valence-electron chi connectivity index (χ1n) is 29.4. The van der Waals surface area contributed by atoms with E-state index in [0.29, 0.717) is 0 Å². The van der Waals surface area contributed by atoms with Crippen molar-refractivity contribution in [3.05, 3.63) is 251 Å². The highest BCUT2D eigenvalue weighted by Gasteiger charge is 2.54. The molecule has 3 aliphatic heterocycles. The molecule has 466 valence electrons. The summed E-state index contributed by atoms with van der Waals surface area (Å²) in [5.41, 5.74) is 1.18. The van der Waals surface area contributed by atoms with Gasteiger partial charge in [-0.15, -0.1) is 0 Å². The molecule has 0 radical (unpaired) electrons. The summed E-state index contributed by atoms with van der Waals surface area (Å²) in [5.74, 6) is -8.27. The second-order valence-electron chi connectivity index (χ2n) is 21.8. The Bertz CT molecular complexity index is 3510. The largest absolute Gasteiger partial charge is 0.459 e. The summed E-state index contributed by atoms with van der Waals surface area (Å²) < 4.78 is 75.7. The second-order valence-corrected chi connectivity index (χ2v) is 21.8. The summed E-state index contributed by atoms with van der Waals surface area (Å²) in [6.07, 6.45) is -17.4. The zero-order valence-corrected chi connectivity index (χ0v) is 49.2. The number of benzene rings is 7.